The number of carbonyl (C=O) groups excluding carboxylic acids is 1. The lowest BCUT2D eigenvalue weighted by molar-refractivity contribution is -0.113. The van der Waals surface area contributed by atoms with Gasteiger partial charge in [-0.2, -0.15) is 9.36 Å². The fourth-order valence-corrected chi connectivity index (χ4v) is 6.03. The van der Waals surface area contributed by atoms with Crippen molar-refractivity contribution in [2.75, 3.05) is 21.5 Å². The molecule has 0 atom stereocenters. The zero-order chi connectivity index (χ0) is 20.0. The van der Waals surface area contributed by atoms with Gasteiger partial charge in [0, 0.05) is 22.1 Å². The summed E-state index contributed by atoms with van der Waals surface area (Å²) in [4.78, 5) is 17.1. The summed E-state index contributed by atoms with van der Waals surface area (Å²) >= 11 is 5.19. The van der Waals surface area contributed by atoms with Crippen LogP contribution in [0.1, 0.15) is 6.92 Å². The number of thiophene rings is 1. The topological polar surface area (TPSA) is 101 Å². The van der Waals surface area contributed by atoms with Gasteiger partial charge < -0.3 is 0 Å². The van der Waals surface area contributed by atoms with Gasteiger partial charge in [0.15, 0.2) is 0 Å². The van der Waals surface area contributed by atoms with Crippen LogP contribution in [0.15, 0.2) is 56.0 Å². The van der Waals surface area contributed by atoms with Gasteiger partial charge in [0.25, 0.3) is 10.0 Å². The van der Waals surface area contributed by atoms with E-state index in [4.69, 9.17) is 0 Å². The van der Waals surface area contributed by atoms with Crippen LogP contribution in [0.4, 0.5) is 10.8 Å². The number of thioether (sulfide) groups is 2. The minimum absolute atomic E-state index is 0.170. The summed E-state index contributed by atoms with van der Waals surface area (Å²) in [7, 11) is -3.56. The summed E-state index contributed by atoms with van der Waals surface area (Å²) in [5.41, 5.74) is 0.469. The van der Waals surface area contributed by atoms with Crippen molar-refractivity contribution in [1.82, 2.24) is 9.36 Å². The highest BCUT2D eigenvalue weighted by Crippen LogP contribution is 2.24. The Morgan fingerprint density at radius 2 is 1.96 bits per heavy atom. The third kappa shape index (κ3) is 5.95. The smallest absolute Gasteiger partial charge is 0.271 e. The molecule has 28 heavy (non-hydrogen) atoms. The van der Waals surface area contributed by atoms with E-state index in [0.29, 0.717) is 16.0 Å². The molecule has 2 heterocycles. The van der Waals surface area contributed by atoms with Crippen LogP contribution in [0.25, 0.3) is 0 Å². The molecule has 12 heteroatoms. The lowest BCUT2D eigenvalue weighted by atomic mass is 10.3. The number of nitrogens with one attached hydrogen (secondary N) is 2. The van der Waals surface area contributed by atoms with Crippen LogP contribution in [-0.4, -0.2) is 35.2 Å². The molecule has 0 aliphatic carbocycles. The van der Waals surface area contributed by atoms with Gasteiger partial charge in [0.2, 0.25) is 16.2 Å². The number of benzene rings is 1. The first-order valence-corrected chi connectivity index (χ1v) is 13.1. The van der Waals surface area contributed by atoms with Gasteiger partial charge in [-0.1, -0.05) is 24.8 Å². The molecule has 0 bridgehead atoms. The standard InChI is InChI=1S/C16H16N4O3S5/c1-2-24-16-18-15(27-19-16)17-13(21)10-26-12-7-5-11(6-8-12)20-28(22,23)14-4-3-9-25-14/h3-9,20H,2,10H2,1H3,(H,17,18,19,21). The Morgan fingerprint density at radius 3 is 2.64 bits per heavy atom. The second kappa shape index (κ2) is 9.74. The van der Waals surface area contributed by atoms with E-state index < -0.39 is 10.0 Å². The normalized spacial score (nSPS) is 11.3. The summed E-state index contributed by atoms with van der Waals surface area (Å²) in [6, 6.07) is 10.1. The average Bonchev–Trinajstić information content (AvgIpc) is 3.34. The fourth-order valence-electron chi connectivity index (χ4n) is 1.99. The van der Waals surface area contributed by atoms with E-state index in [-0.39, 0.29) is 15.9 Å². The second-order valence-corrected chi connectivity index (χ2v) is 11.1. The van der Waals surface area contributed by atoms with Gasteiger partial charge in [0.05, 0.1) is 5.75 Å². The monoisotopic (exact) mass is 472 g/mol. The van der Waals surface area contributed by atoms with Crippen LogP contribution >= 0.6 is 46.4 Å². The minimum Gasteiger partial charge on any atom is -0.300 e. The summed E-state index contributed by atoms with van der Waals surface area (Å²) in [5, 5.41) is 5.59. The molecule has 7 nitrogen and oxygen atoms in total. The largest absolute Gasteiger partial charge is 0.300 e. The van der Waals surface area contributed by atoms with E-state index in [0.717, 1.165) is 33.5 Å². The molecule has 0 aliphatic heterocycles. The number of carbonyl (C=O) groups is 1. The molecule has 1 aromatic carbocycles. The molecule has 0 unspecified atom stereocenters. The highest BCUT2D eigenvalue weighted by Gasteiger charge is 2.15. The Bertz CT molecular complexity index is 1020. The number of hydrogen-bond donors (Lipinski definition) is 2. The van der Waals surface area contributed by atoms with Crippen LogP contribution in [0.2, 0.25) is 0 Å². The predicted molar refractivity (Wildman–Crippen MR) is 117 cm³/mol. The van der Waals surface area contributed by atoms with Crippen molar-refractivity contribution in [2.45, 2.75) is 21.2 Å². The number of rotatable bonds is 9. The molecule has 0 saturated heterocycles. The highest BCUT2D eigenvalue weighted by molar-refractivity contribution is 8.00. The molecule has 0 spiro atoms. The molecule has 0 fully saturated rings. The second-order valence-electron chi connectivity index (χ2n) is 5.21. The van der Waals surface area contributed by atoms with Gasteiger partial charge in [0.1, 0.15) is 4.21 Å². The van der Waals surface area contributed by atoms with E-state index in [1.807, 2.05) is 6.92 Å². The molecular formula is C16H16N4O3S5. The minimum atomic E-state index is -3.56. The van der Waals surface area contributed by atoms with Crippen molar-refractivity contribution in [3.8, 4) is 0 Å². The summed E-state index contributed by atoms with van der Waals surface area (Å²) in [5.74, 6) is 0.923. The molecule has 0 radical (unpaired) electrons. The fraction of sp³-hybridized carbons (Fsp3) is 0.188. The van der Waals surface area contributed by atoms with Crippen molar-refractivity contribution in [1.29, 1.82) is 0 Å². The molecule has 0 saturated carbocycles. The summed E-state index contributed by atoms with van der Waals surface area (Å²) in [6.45, 7) is 2.01. The van der Waals surface area contributed by atoms with Crippen LogP contribution < -0.4 is 10.0 Å². The van der Waals surface area contributed by atoms with Crippen LogP contribution in [0, 0.1) is 0 Å². The molecule has 3 aromatic rings. The van der Waals surface area contributed by atoms with E-state index in [1.54, 1.807) is 41.8 Å². The number of aromatic nitrogens is 2. The molecular weight excluding hydrogens is 457 g/mol. The molecule has 0 aliphatic rings. The predicted octanol–water partition coefficient (Wildman–Crippen LogP) is 4.24. The number of amides is 1. The number of sulfonamides is 1. The molecule has 3 rings (SSSR count). The van der Waals surface area contributed by atoms with Crippen molar-refractivity contribution in [2.24, 2.45) is 0 Å². The van der Waals surface area contributed by atoms with Crippen molar-refractivity contribution in [3.05, 3.63) is 41.8 Å². The molecule has 2 aromatic heterocycles. The first kappa shape index (κ1) is 21.1. The Labute approximate surface area is 179 Å². The third-order valence-corrected chi connectivity index (χ3v) is 8.43. The number of hydrogen-bond acceptors (Lipinski definition) is 9. The Kier molecular flexibility index (Phi) is 7.35. The zero-order valence-electron chi connectivity index (χ0n) is 14.6. The van der Waals surface area contributed by atoms with E-state index in [1.165, 1.54) is 23.5 Å². The maximum atomic E-state index is 12.2. The molecule has 148 valence electrons. The van der Waals surface area contributed by atoms with Gasteiger partial charge in [-0.3, -0.25) is 14.8 Å². The quantitative estimate of drug-likeness (QED) is 0.449. The van der Waals surface area contributed by atoms with Gasteiger partial charge in [-0.15, -0.1) is 23.1 Å². The average molecular weight is 473 g/mol. The SMILES string of the molecule is CCSc1nsc(NC(=O)CSc2ccc(NS(=O)(=O)c3cccs3)cc2)n1. The highest BCUT2D eigenvalue weighted by atomic mass is 32.2. The van der Waals surface area contributed by atoms with Gasteiger partial charge in [-0.05, 0) is 41.5 Å². The molecule has 2 N–H and O–H groups in total. The Morgan fingerprint density at radius 1 is 1.18 bits per heavy atom. The number of anilines is 2. The lowest BCUT2D eigenvalue weighted by Gasteiger charge is -2.07. The maximum Gasteiger partial charge on any atom is 0.271 e. The van der Waals surface area contributed by atoms with E-state index >= 15 is 0 Å². The zero-order valence-corrected chi connectivity index (χ0v) is 18.7. The van der Waals surface area contributed by atoms with E-state index in [9.17, 15) is 13.2 Å². The van der Waals surface area contributed by atoms with Crippen molar-refractivity contribution < 1.29 is 13.2 Å². The van der Waals surface area contributed by atoms with Gasteiger partial charge in [-0.25, -0.2) is 8.42 Å². The molecule has 1 amide bonds. The van der Waals surface area contributed by atoms with Crippen LogP contribution in [0.5, 0.6) is 0 Å². The summed E-state index contributed by atoms with van der Waals surface area (Å²) in [6.07, 6.45) is 0. The third-order valence-electron chi connectivity index (χ3n) is 3.16. The van der Waals surface area contributed by atoms with Crippen molar-refractivity contribution >= 4 is 73.1 Å². The first-order valence-electron chi connectivity index (χ1n) is 8.02. The van der Waals surface area contributed by atoms with Gasteiger partial charge >= 0.3 is 0 Å². The van der Waals surface area contributed by atoms with E-state index in [2.05, 4.69) is 19.4 Å². The Balaban J connectivity index is 1.50. The first-order chi connectivity index (χ1) is 13.5. The number of nitrogens with zero attached hydrogens (tertiary/aromatic N) is 2. The Hall–Kier alpha value is -1.60. The summed E-state index contributed by atoms with van der Waals surface area (Å²) < 4.78 is 31.4. The van der Waals surface area contributed by atoms with Crippen molar-refractivity contribution in [3.63, 3.8) is 0 Å². The lowest BCUT2D eigenvalue weighted by Crippen LogP contribution is -2.13. The van der Waals surface area contributed by atoms with Crippen LogP contribution in [0.3, 0.4) is 0 Å². The van der Waals surface area contributed by atoms with Crippen LogP contribution in [-0.2, 0) is 14.8 Å². The maximum absolute atomic E-state index is 12.2.